The van der Waals surface area contributed by atoms with Crippen molar-refractivity contribution < 1.29 is 14.3 Å². The van der Waals surface area contributed by atoms with E-state index in [2.05, 4.69) is 59.9 Å². The van der Waals surface area contributed by atoms with Crippen molar-refractivity contribution >= 4 is 33.5 Å². The zero-order valence-electron chi connectivity index (χ0n) is 22.0. The van der Waals surface area contributed by atoms with E-state index < -0.39 is 0 Å². The van der Waals surface area contributed by atoms with Crippen LogP contribution in [-0.4, -0.2) is 27.3 Å². The number of hydrogen-bond donors (Lipinski definition) is 1. The van der Waals surface area contributed by atoms with Gasteiger partial charge in [-0.1, -0.05) is 50.2 Å². The van der Waals surface area contributed by atoms with E-state index in [1.54, 1.807) is 13.1 Å². The molecule has 2 heterocycles. The minimum Gasteiger partial charge on any atom is -0.487 e. The first-order valence-corrected chi connectivity index (χ1v) is 12.9. The maximum Gasteiger partial charge on any atom is 0.310 e. The molecular weight excluding hydrogens is 476 g/mol. The van der Waals surface area contributed by atoms with Crippen molar-refractivity contribution in [2.24, 2.45) is 5.92 Å². The first kappa shape index (κ1) is 25.3. The van der Waals surface area contributed by atoms with E-state index in [1.807, 2.05) is 30.3 Å². The molecule has 0 spiro atoms. The van der Waals surface area contributed by atoms with E-state index >= 15 is 0 Å². The molecule has 194 valence electrons. The van der Waals surface area contributed by atoms with Gasteiger partial charge in [0.05, 0.1) is 18.5 Å². The number of carbonyl (C=O) groups excluding carboxylic acids is 1. The molecule has 7 heteroatoms. The van der Waals surface area contributed by atoms with Crippen LogP contribution in [0.3, 0.4) is 0 Å². The van der Waals surface area contributed by atoms with Crippen LogP contribution in [0, 0.1) is 5.92 Å². The van der Waals surface area contributed by atoms with Gasteiger partial charge in [-0.2, -0.15) is 5.10 Å². The number of nitrogens with zero attached hydrogens (tertiary/aromatic N) is 3. The molecule has 0 bridgehead atoms. The number of anilines is 1. The summed E-state index contributed by atoms with van der Waals surface area (Å²) >= 11 is 0. The lowest BCUT2D eigenvalue weighted by Crippen LogP contribution is -2.09. The molecule has 7 nitrogen and oxygen atoms in total. The van der Waals surface area contributed by atoms with Gasteiger partial charge in [-0.3, -0.25) is 9.48 Å². The van der Waals surface area contributed by atoms with Gasteiger partial charge >= 0.3 is 5.97 Å². The van der Waals surface area contributed by atoms with Crippen LogP contribution in [0.5, 0.6) is 5.75 Å². The van der Waals surface area contributed by atoms with Crippen molar-refractivity contribution in [1.82, 2.24) is 14.8 Å². The van der Waals surface area contributed by atoms with Crippen LogP contribution in [0.2, 0.25) is 0 Å². The highest BCUT2D eigenvalue weighted by Gasteiger charge is 2.16. The predicted molar refractivity (Wildman–Crippen MR) is 151 cm³/mol. The van der Waals surface area contributed by atoms with Crippen LogP contribution < -0.4 is 10.5 Å². The monoisotopic (exact) mass is 508 g/mol. The van der Waals surface area contributed by atoms with Gasteiger partial charge in [0.25, 0.3) is 0 Å². The van der Waals surface area contributed by atoms with Crippen molar-refractivity contribution in [1.29, 1.82) is 0 Å². The number of rotatable bonds is 9. The second kappa shape index (κ2) is 10.9. The largest absolute Gasteiger partial charge is 0.487 e. The summed E-state index contributed by atoms with van der Waals surface area (Å²) in [6, 6.07) is 22.2. The number of ether oxygens (including phenoxy) is 2. The van der Waals surface area contributed by atoms with E-state index in [0.29, 0.717) is 24.1 Å². The predicted octanol–water partition coefficient (Wildman–Crippen LogP) is 6.17. The molecule has 0 saturated heterocycles. The molecule has 38 heavy (non-hydrogen) atoms. The van der Waals surface area contributed by atoms with E-state index in [1.165, 1.54) is 0 Å². The van der Waals surface area contributed by atoms with Crippen molar-refractivity contribution in [3.05, 3.63) is 84.2 Å². The number of fused-ring (bicyclic) bond motifs is 2. The number of nitrogens with two attached hydrogens (primary N) is 1. The lowest BCUT2D eigenvalue weighted by Gasteiger charge is -2.10. The van der Waals surface area contributed by atoms with E-state index in [4.69, 9.17) is 20.3 Å². The smallest absolute Gasteiger partial charge is 0.310 e. The molecule has 3 aromatic carbocycles. The van der Waals surface area contributed by atoms with Gasteiger partial charge in [0.2, 0.25) is 0 Å². The molecule has 0 unspecified atom stereocenters. The van der Waals surface area contributed by atoms with E-state index in [0.717, 1.165) is 50.6 Å². The Bertz CT molecular complexity index is 1610. The van der Waals surface area contributed by atoms with Gasteiger partial charge < -0.3 is 15.2 Å². The van der Waals surface area contributed by atoms with Crippen LogP contribution in [0.1, 0.15) is 32.0 Å². The first-order chi connectivity index (χ1) is 18.4. The standard InChI is InChI=1S/C31H32N4O3/c1-4-37-30(36)17-24-7-5-6-8-29(24)38-19-27-26-16-23(11-12-28(26)35(34-27)18-20(2)3)22-10-9-21-13-14-33-31(32)25(21)15-22/h5-16,20H,4,17-19H2,1-3H3,(H2,32,33). The molecule has 0 aliphatic heterocycles. The minimum absolute atomic E-state index is 0.163. The average Bonchev–Trinajstić information content (AvgIpc) is 3.24. The van der Waals surface area contributed by atoms with Crippen molar-refractivity contribution in [3.63, 3.8) is 0 Å². The summed E-state index contributed by atoms with van der Waals surface area (Å²) in [4.78, 5) is 16.3. The molecular formula is C31H32N4O3. The Hall–Kier alpha value is -4.39. The molecule has 0 fully saturated rings. The second-order valence-electron chi connectivity index (χ2n) is 9.76. The third-order valence-electron chi connectivity index (χ3n) is 6.47. The lowest BCUT2D eigenvalue weighted by atomic mass is 10.00. The van der Waals surface area contributed by atoms with Crippen LogP contribution in [-0.2, 0) is 29.1 Å². The number of benzene rings is 3. The SMILES string of the molecule is CCOC(=O)Cc1ccccc1OCc1nn(CC(C)C)c2ccc(-c3ccc4ccnc(N)c4c3)cc12. The Balaban J connectivity index is 1.50. The number of para-hydroxylation sites is 1. The molecule has 2 aromatic heterocycles. The van der Waals surface area contributed by atoms with Crippen molar-refractivity contribution in [2.75, 3.05) is 12.3 Å². The molecule has 0 aliphatic rings. The van der Waals surface area contributed by atoms with Gasteiger partial charge in [0.15, 0.2) is 0 Å². The molecule has 5 aromatic rings. The zero-order valence-corrected chi connectivity index (χ0v) is 22.0. The van der Waals surface area contributed by atoms with Crippen molar-refractivity contribution in [3.8, 4) is 16.9 Å². The summed E-state index contributed by atoms with van der Waals surface area (Å²) in [5.74, 6) is 1.34. The van der Waals surface area contributed by atoms with Crippen LogP contribution in [0.15, 0.2) is 72.9 Å². The maximum atomic E-state index is 12.1. The third kappa shape index (κ3) is 5.32. The maximum absolute atomic E-state index is 12.1. The van der Waals surface area contributed by atoms with Crippen LogP contribution in [0.4, 0.5) is 5.82 Å². The topological polar surface area (TPSA) is 92.3 Å². The van der Waals surface area contributed by atoms with Gasteiger partial charge in [0, 0.05) is 29.1 Å². The zero-order chi connectivity index (χ0) is 26.6. The normalized spacial score (nSPS) is 11.4. The fourth-order valence-electron chi connectivity index (χ4n) is 4.69. The summed E-state index contributed by atoms with van der Waals surface area (Å²) in [5.41, 5.74) is 11.0. The highest BCUT2D eigenvalue weighted by atomic mass is 16.5. The molecule has 0 amide bonds. The molecule has 0 aliphatic carbocycles. The van der Waals surface area contributed by atoms with Crippen molar-refractivity contribution in [2.45, 2.75) is 40.3 Å². The average molecular weight is 509 g/mol. The van der Waals surface area contributed by atoms with Crippen LogP contribution >= 0.6 is 0 Å². The number of hydrogen-bond acceptors (Lipinski definition) is 6. The summed E-state index contributed by atoms with van der Waals surface area (Å²) in [6.07, 6.45) is 1.89. The van der Waals surface area contributed by atoms with Gasteiger partial charge in [0.1, 0.15) is 23.9 Å². The Morgan fingerprint density at radius 1 is 1.00 bits per heavy atom. The van der Waals surface area contributed by atoms with E-state index in [9.17, 15) is 4.79 Å². The molecule has 5 rings (SSSR count). The lowest BCUT2D eigenvalue weighted by molar-refractivity contribution is -0.142. The Kier molecular flexibility index (Phi) is 7.26. The number of carbonyl (C=O) groups is 1. The Labute approximate surface area is 222 Å². The number of aromatic nitrogens is 3. The second-order valence-corrected chi connectivity index (χ2v) is 9.76. The fourth-order valence-corrected chi connectivity index (χ4v) is 4.69. The fraction of sp³-hybridized carbons (Fsp3) is 0.258. The van der Waals surface area contributed by atoms with Gasteiger partial charge in [-0.25, -0.2) is 4.98 Å². The summed E-state index contributed by atoms with van der Waals surface area (Å²) in [6.45, 7) is 7.59. The van der Waals surface area contributed by atoms with E-state index in [-0.39, 0.29) is 19.0 Å². The highest BCUT2D eigenvalue weighted by molar-refractivity contribution is 5.95. The highest BCUT2D eigenvalue weighted by Crippen LogP contribution is 2.31. The molecule has 0 saturated carbocycles. The Morgan fingerprint density at radius 3 is 2.55 bits per heavy atom. The molecule has 2 N–H and O–H groups in total. The number of nitrogen functional groups attached to an aromatic ring is 1. The first-order valence-electron chi connectivity index (χ1n) is 12.9. The van der Waals surface area contributed by atoms with Crippen LogP contribution in [0.25, 0.3) is 32.8 Å². The summed E-state index contributed by atoms with van der Waals surface area (Å²) in [7, 11) is 0. The van der Waals surface area contributed by atoms with Gasteiger partial charge in [-0.15, -0.1) is 0 Å². The Morgan fingerprint density at radius 2 is 1.76 bits per heavy atom. The third-order valence-corrected chi connectivity index (χ3v) is 6.47. The summed E-state index contributed by atoms with van der Waals surface area (Å²) < 4.78 is 13.4. The van der Waals surface area contributed by atoms with Gasteiger partial charge in [-0.05, 0) is 59.7 Å². The molecule has 0 atom stereocenters. The quantitative estimate of drug-likeness (QED) is 0.239. The minimum atomic E-state index is -0.272. The summed E-state index contributed by atoms with van der Waals surface area (Å²) in [5, 5.41) is 7.96. The number of pyridine rings is 1. The number of esters is 1. The molecule has 0 radical (unpaired) electrons.